The molecule has 0 aliphatic carbocycles. The minimum Gasteiger partial charge on any atom is -0.482 e. The summed E-state index contributed by atoms with van der Waals surface area (Å²) in [6.07, 6.45) is 1.58. The van der Waals surface area contributed by atoms with Crippen LogP contribution in [-0.4, -0.2) is 46.8 Å². The molecule has 0 aromatic heterocycles. The van der Waals surface area contributed by atoms with E-state index >= 15 is 0 Å². The number of aliphatic carboxylic acids is 1. The average Bonchev–Trinajstić information content (AvgIpc) is 3.00. The van der Waals surface area contributed by atoms with E-state index in [9.17, 15) is 19.2 Å². The smallest absolute Gasteiger partial charge is 0.341 e. The lowest BCUT2D eigenvalue weighted by molar-refractivity contribution is -0.139. The van der Waals surface area contributed by atoms with E-state index in [1.807, 2.05) is 0 Å². The summed E-state index contributed by atoms with van der Waals surface area (Å²) in [5, 5.41) is 8.22. The van der Waals surface area contributed by atoms with Crippen molar-refractivity contribution in [3.8, 4) is 5.75 Å². The Morgan fingerprint density at radius 1 is 1.13 bits per heavy atom. The lowest BCUT2D eigenvalue weighted by Gasteiger charge is -2.13. The van der Waals surface area contributed by atoms with Gasteiger partial charge < -0.3 is 14.6 Å². The van der Waals surface area contributed by atoms with Crippen LogP contribution < -0.4 is 4.74 Å². The number of benzene rings is 2. The minimum absolute atomic E-state index is 0.0365. The Labute approximate surface area is 176 Å². The van der Waals surface area contributed by atoms with Crippen molar-refractivity contribution in [3.63, 3.8) is 0 Å². The quantitative estimate of drug-likeness (QED) is 0.530. The molecule has 0 bridgehead atoms. The Kier molecular flexibility index (Phi) is 6.53. The van der Waals surface area contributed by atoms with Crippen molar-refractivity contribution >= 4 is 40.9 Å². The predicted octanol–water partition coefficient (Wildman–Crippen LogP) is 3.17. The molecule has 0 saturated carbocycles. The van der Waals surface area contributed by atoms with Gasteiger partial charge in [-0.3, -0.25) is 14.5 Å². The third-order valence-electron chi connectivity index (χ3n) is 4.10. The van der Waals surface area contributed by atoms with Crippen LogP contribution in [0.2, 0.25) is 0 Å². The van der Waals surface area contributed by atoms with Gasteiger partial charge in [0.05, 0.1) is 24.1 Å². The van der Waals surface area contributed by atoms with E-state index in [-0.39, 0.29) is 11.4 Å². The number of esters is 1. The number of ether oxygens (including phenoxy) is 2. The van der Waals surface area contributed by atoms with E-state index < -0.39 is 29.7 Å². The number of carboxylic acids is 1. The highest BCUT2D eigenvalue weighted by molar-refractivity contribution is 8.18. The third kappa shape index (κ3) is 5.06. The number of carbonyl (C=O) groups excluding carboxylic acids is 3. The van der Waals surface area contributed by atoms with Crippen molar-refractivity contribution in [1.82, 2.24) is 4.90 Å². The predicted molar refractivity (Wildman–Crippen MR) is 109 cm³/mol. The lowest BCUT2D eigenvalue weighted by Crippen LogP contribution is -2.27. The zero-order valence-corrected chi connectivity index (χ0v) is 16.7. The van der Waals surface area contributed by atoms with Crippen molar-refractivity contribution in [3.05, 3.63) is 70.1 Å². The molecule has 3 rings (SSSR count). The SMILES string of the molecule is COC(=O)c1cccc(CN2C(=O)S/C(=C\c3ccc(OCC(=O)O)cc3)C2=O)c1. The molecule has 9 heteroatoms. The van der Waals surface area contributed by atoms with Crippen LogP contribution >= 0.6 is 11.8 Å². The number of nitrogens with zero attached hydrogens (tertiary/aromatic N) is 1. The summed E-state index contributed by atoms with van der Waals surface area (Å²) >= 11 is 0.827. The van der Waals surface area contributed by atoms with E-state index in [0.717, 1.165) is 16.7 Å². The number of carbonyl (C=O) groups is 4. The molecule has 1 aliphatic heterocycles. The molecule has 2 aromatic rings. The average molecular weight is 427 g/mol. The summed E-state index contributed by atoms with van der Waals surface area (Å²) in [6, 6.07) is 13.0. The highest BCUT2D eigenvalue weighted by atomic mass is 32.2. The van der Waals surface area contributed by atoms with Crippen LogP contribution in [0.25, 0.3) is 6.08 Å². The molecular weight excluding hydrogens is 410 g/mol. The van der Waals surface area contributed by atoms with Crippen molar-refractivity contribution < 1.29 is 33.8 Å². The number of hydrogen-bond acceptors (Lipinski definition) is 7. The van der Waals surface area contributed by atoms with E-state index in [0.29, 0.717) is 22.4 Å². The number of rotatable bonds is 7. The molecule has 8 nitrogen and oxygen atoms in total. The van der Waals surface area contributed by atoms with Crippen molar-refractivity contribution in [2.45, 2.75) is 6.54 Å². The standard InChI is InChI=1S/C21H17NO7S/c1-28-20(26)15-4-2-3-14(9-15)11-22-19(25)17(30-21(22)27)10-13-5-7-16(8-6-13)29-12-18(23)24/h2-10H,11-12H2,1H3,(H,23,24)/b17-10-. The van der Waals surface area contributed by atoms with Crippen molar-refractivity contribution in [1.29, 1.82) is 0 Å². The zero-order valence-electron chi connectivity index (χ0n) is 15.9. The van der Waals surface area contributed by atoms with Gasteiger partial charge in [-0.25, -0.2) is 9.59 Å². The number of hydrogen-bond donors (Lipinski definition) is 1. The van der Waals surface area contributed by atoms with Crippen LogP contribution in [-0.2, 0) is 20.9 Å². The number of methoxy groups -OCH3 is 1. The molecule has 1 saturated heterocycles. The van der Waals surface area contributed by atoms with Gasteiger partial charge in [0.15, 0.2) is 6.61 Å². The number of thioether (sulfide) groups is 1. The van der Waals surface area contributed by atoms with E-state index in [4.69, 9.17) is 9.84 Å². The molecular formula is C21H17NO7S. The van der Waals surface area contributed by atoms with Crippen LogP contribution in [0.5, 0.6) is 5.75 Å². The summed E-state index contributed by atoms with van der Waals surface area (Å²) in [6.45, 7) is -0.412. The van der Waals surface area contributed by atoms with Crippen LogP contribution in [0.3, 0.4) is 0 Å². The van der Waals surface area contributed by atoms with Gasteiger partial charge in [-0.1, -0.05) is 24.3 Å². The Bertz CT molecular complexity index is 1030. The van der Waals surface area contributed by atoms with Crippen molar-refractivity contribution in [2.24, 2.45) is 0 Å². The molecule has 1 heterocycles. The monoisotopic (exact) mass is 427 g/mol. The Balaban J connectivity index is 1.71. The molecule has 30 heavy (non-hydrogen) atoms. The largest absolute Gasteiger partial charge is 0.482 e. The maximum atomic E-state index is 12.7. The molecule has 1 N–H and O–H groups in total. The van der Waals surface area contributed by atoms with Crippen LogP contribution in [0.15, 0.2) is 53.4 Å². The molecule has 2 amide bonds. The second-order valence-corrected chi connectivity index (χ2v) is 7.20. The van der Waals surface area contributed by atoms with Crippen LogP contribution in [0.1, 0.15) is 21.5 Å². The summed E-state index contributed by atoms with van der Waals surface area (Å²) in [7, 11) is 1.28. The van der Waals surface area contributed by atoms with Gasteiger partial charge in [0, 0.05) is 0 Å². The first-order chi connectivity index (χ1) is 14.4. The molecule has 154 valence electrons. The van der Waals surface area contributed by atoms with Gasteiger partial charge in [-0.2, -0.15) is 0 Å². The highest BCUT2D eigenvalue weighted by Gasteiger charge is 2.35. The Morgan fingerprint density at radius 2 is 1.87 bits per heavy atom. The van der Waals surface area contributed by atoms with Gasteiger partial charge in [0.25, 0.3) is 11.1 Å². The molecule has 0 atom stereocenters. The fourth-order valence-corrected chi connectivity index (χ4v) is 3.53. The summed E-state index contributed by atoms with van der Waals surface area (Å²) < 4.78 is 9.75. The molecule has 0 unspecified atom stereocenters. The molecule has 0 spiro atoms. The first-order valence-electron chi connectivity index (χ1n) is 8.74. The van der Waals surface area contributed by atoms with E-state index in [2.05, 4.69) is 4.74 Å². The maximum absolute atomic E-state index is 12.7. The van der Waals surface area contributed by atoms with Crippen LogP contribution in [0.4, 0.5) is 4.79 Å². The van der Waals surface area contributed by atoms with E-state index in [1.54, 1.807) is 54.6 Å². The second kappa shape index (κ2) is 9.27. The van der Waals surface area contributed by atoms with Gasteiger partial charge >= 0.3 is 11.9 Å². The van der Waals surface area contributed by atoms with Crippen LogP contribution in [0, 0.1) is 0 Å². The molecule has 1 aliphatic rings. The maximum Gasteiger partial charge on any atom is 0.341 e. The molecule has 0 radical (unpaired) electrons. The summed E-state index contributed by atoms with van der Waals surface area (Å²) in [4.78, 5) is 48.6. The topological polar surface area (TPSA) is 110 Å². The Morgan fingerprint density at radius 3 is 2.53 bits per heavy atom. The second-order valence-electron chi connectivity index (χ2n) is 6.21. The lowest BCUT2D eigenvalue weighted by atomic mass is 10.1. The van der Waals surface area contributed by atoms with Crippen molar-refractivity contribution in [2.75, 3.05) is 13.7 Å². The zero-order chi connectivity index (χ0) is 21.7. The minimum atomic E-state index is -1.08. The summed E-state index contributed by atoms with van der Waals surface area (Å²) in [5.74, 6) is -1.63. The first-order valence-corrected chi connectivity index (χ1v) is 9.56. The van der Waals surface area contributed by atoms with Gasteiger partial charge in [-0.15, -0.1) is 0 Å². The number of carboxylic acid groups (broad SMARTS) is 1. The number of amides is 2. The fourth-order valence-electron chi connectivity index (χ4n) is 2.69. The summed E-state index contributed by atoms with van der Waals surface area (Å²) in [5.41, 5.74) is 1.62. The Hall–Kier alpha value is -3.59. The fraction of sp³-hybridized carbons (Fsp3) is 0.143. The van der Waals surface area contributed by atoms with E-state index in [1.165, 1.54) is 7.11 Å². The van der Waals surface area contributed by atoms with Gasteiger partial charge in [0.2, 0.25) is 0 Å². The van der Waals surface area contributed by atoms with Gasteiger partial charge in [-0.05, 0) is 53.2 Å². The number of imide groups is 1. The molecule has 1 fully saturated rings. The third-order valence-corrected chi connectivity index (χ3v) is 5.01. The normalized spacial score (nSPS) is 14.8. The first kappa shape index (κ1) is 21.1. The highest BCUT2D eigenvalue weighted by Crippen LogP contribution is 2.33. The molecule has 2 aromatic carbocycles. The van der Waals surface area contributed by atoms with Gasteiger partial charge in [0.1, 0.15) is 5.75 Å².